The van der Waals surface area contributed by atoms with Crippen molar-refractivity contribution in [3.8, 4) is 11.5 Å². The number of benzene rings is 3. The van der Waals surface area contributed by atoms with Crippen LogP contribution in [0.15, 0.2) is 60.7 Å². The summed E-state index contributed by atoms with van der Waals surface area (Å²) in [6.45, 7) is 4.46. The molecule has 0 saturated heterocycles. The molecule has 0 heterocycles. The largest absolute Gasteiger partial charge is 0.496 e. The van der Waals surface area contributed by atoms with Crippen LogP contribution in [0.2, 0.25) is 0 Å². The van der Waals surface area contributed by atoms with E-state index in [0.29, 0.717) is 17.9 Å². The van der Waals surface area contributed by atoms with Crippen molar-refractivity contribution in [2.24, 2.45) is 0 Å². The van der Waals surface area contributed by atoms with Gasteiger partial charge < -0.3 is 14.8 Å². The van der Waals surface area contributed by atoms with Crippen molar-refractivity contribution in [1.29, 1.82) is 0 Å². The fourth-order valence-electron chi connectivity index (χ4n) is 3.32. The zero-order valence-corrected chi connectivity index (χ0v) is 16.7. The monoisotopic (exact) mass is 377 g/mol. The molecule has 3 rings (SSSR count). The van der Waals surface area contributed by atoms with Crippen LogP contribution in [-0.4, -0.2) is 19.1 Å². The fraction of sp³-hybridized carbons (Fsp3) is 0.292. The summed E-state index contributed by atoms with van der Waals surface area (Å²) in [7, 11) is 1.62. The maximum absolute atomic E-state index is 12.5. The van der Waals surface area contributed by atoms with Gasteiger partial charge in [-0.25, -0.2) is 0 Å². The van der Waals surface area contributed by atoms with E-state index in [4.69, 9.17) is 9.47 Å². The van der Waals surface area contributed by atoms with Crippen LogP contribution in [0.3, 0.4) is 0 Å². The number of carbonyl (C=O) groups excluding carboxylic acids is 1. The Morgan fingerprint density at radius 1 is 1.04 bits per heavy atom. The molecule has 0 spiro atoms. The molecule has 4 heteroatoms. The van der Waals surface area contributed by atoms with Crippen molar-refractivity contribution >= 4 is 16.7 Å². The minimum atomic E-state index is -0.0741. The van der Waals surface area contributed by atoms with E-state index in [1.165, 1.54) is 0 Å². The number of fused-ring (bicyclic) bond motifs is 1. The number of rotatable bonds is 8. The van der Waals surface area contributed by atoms with Gasteiger partial charge in [-0.2, -0.15) is 0 Å². The van der Waals surface area contributed by atoms with E-state index in [1.807, 2.05) is 49.4 Å². The highest BCUT2D eigenvalue weighted by Gasteiger charge is 2.13. The minimum Gasteiger partial charge on any atom is -0.496 e. The van der Waals surface area contributed by atoms with Crippen molar-refractivity contribution in [2.45, 2.75) is 39.3 Å². The fourth-order valence-corrected chi connectivity index (χ4v) is 3.32. The maximum atomic E-state index is 12.5. The van der Waals surface area contributed by atoms with Crippen LogP contribution in [0.4, 0.5) is 0 Å². The molecule has 3 aromatic rings. The van der Waals surface area contributed by atoms with E-state index < -0.39 is 0 Å². The van der Waals surface area contributed by atoms with Gasteiger partial charge in [0.2, 0.25) is 0 Å². The van der Waals surface area contributed by atoms with Crippen LogP contribution in [-0.2, 0) is 6.61 Å². The Bertz CT molecular complexity index is 946. The summed E-state index contributed by atoms with van der Waals surface area (Å²) in [6, 6.07) is 19.7. The zero-order chi connectivity index (χ0) is 19.9. The van der Waals surface area contributed by atoms with Gasteiger partial charge in [0.25, 0.3) is 5.91 Å². The van der Waals surface area contributed by atoms with Gasteiger partial charge in [-0.15, -0.1) is 0 Å². The first kappa shape index (κ1) is 19.7. The van der Waals surface area contributed by atoms with Gasteiger partial charge in [0.15, 0.2) is 0 Å². The molecule has 0 bridgehead atoms. The molecular weight excluding hydrogens is 350 g/mol. The van der Waals surface area contributed by atoms with Gasteiger partial charge in [-0.1, -0.05) is 49.7 Å². The normalized spacial score (nSPS) is 11.8. The van der Waals surface area contributed by atoms with E-state index >= 15 is 0 Å². The number of methoxy groups -OCH3 is 1. The molecule has 3 aromatic carbocycles. The summed E-state index contributed by atoms with van der Waals surface area (Å²) in [5.41, 5.74) is 1.45. The molecule has 0 aliphatic heterocycles. The lowest BCUT2D eigenvalue weighted by atomic mass is 10.1. The second kappa shape index (κ2) is 9.27. The van der Waals surface area contributed by atoms with Crippen LogP contribution < -0.4 is 14.8 Å². The highest BCUT2D eigenvalue weighted by Crippen LogP contribution is 2.28. The Labute approximate surface area is 166 Å². The first-order valence-electron chi connectivity index (χ1n) is 9.70. The van der Waals surface area contributed by atoms with E-state index in [0.717, 1.165) is 34.9 Å². The molecule has 0 radical (unpaired) electrons. The average Bonchev–Trinajstić information content (AvgIpc) is 2.72. The van der Waals surface area contributed by atoms with Crippen molar-refractivity contribution < 1.29 is 14.3 Å². The third-order valence-corrected chi connectivity index (χ3v) is 4.77. The third-order valence-electron chi connectivity index (χ3n) is 4.77. The summed E-state index contributed by atoms with van der Waals surface area (Å²) < 4.78 is 11.6. The van der Waals surface area contributed by atoms with Crippen molar-refractivity contribution in [3.63, 3.8) is 0 Å². The van der Waals surface area contributed by atoms with Gasteiger partial charge in [0.1, 0.15) is 18.1 Å². The van der Waals surface area contributed by atoms with E-state index in [2.05, 4.69) is 24.4 Å². The van der Waals surface area contributed by atoms with Crippen LogP contribution >= 0.6 is 0 Å². The predicted octanol–water partition coefficient (Wildman–Crippen LogP) is 5.35. The molecule has 1 atom stereocenters. The average molecular weight is 377 g/mol. The van der Waals surface area contributed by atoms with Gasteiger partial charge in [0.05, 0.1) is 7.11 Å². The molecular formula is C24H27NO3. The number of hydrogen-bond donors (Lipinski definition) is 1. The van der Waals surface area contributed by atoms with E-state index in [1.54, 1.807) is 13.2 Å². The highest BCUT2D eigenvalue weighted by molar-refractivity contribution is 5.94. The summed E-state index contributed by atoms with van der Waals surface area (Å²) in [6.07, 6.45) is 1.99. The Kier molecular flexibility index (Phi) is 6.53. The van der Waals surface area contributed by atoms with Crippen molar-refractivity contribution in [3.05, 3.63) is 71.8 Å². The Morgan fingerprint density at radius 3 is 2.61 bits per heavy atom. The molecule has 4 nitrogen and oxygen atoms in total. The summed E-state index contributed by atoms with van der Waals surface area (Å²) in [5.74, 6) is 1.44. The second-order valence-corrected chi connectivity index (χ2v) is 6.96. The molecule has 0 aliphatic carbocycles. The Morgan fingerprint density at radius 2 is 1.82 bits per heavy atom. The standard InChI is InChI=1S/C24H27NO3/c1-4-8-17(2)25-24(26)19-13-14-22(27-3)20(15-19)16-28-23-12-7-10-18-9-5-6-11-21(18)23/h5-7,9-15,17H,4,8,16H2,1-3H3,(H,25,26)/t17-/m1/s1. The molecule has 0 fully saturated rings. The first-order chi connectivity index (χ1) is 13.6. The molecule has 0 saturated carbocycles. The van der Waals surface area contributed by atoms with Gasteiger partial charge in [-0.3, -0.25) is 4.79 Å². The SMILES string of the molecule is CCC[C@@H](C)NC(=O)c1ccc(OC)c(COc2cccc3ccccc23)c1. The lowest BCUT2D eigenvalue weighted by molar-refractivity contribution is 0.0938. The number of ether oxygens (including phenoxy) is 2. The van der Waals surface area contributed by atoms with Gasteiger partial charge in [0, 0.05) is 22.6 Å². The van der Waals surface area contributed by atoms with Crippen molar-refractivity contribution in [2.75, 3.05) is 7.11 Å². The van der Waals surface area contributed by atoms with Gasteiger partial charge in [-0.05, 0) is 43.0 Å². The number of carbonyl (C=O) groups is 1. The van der Waals surface area contributed by atoms with Crippen LogP contribution in [0, 0.1) is 0 Å². The molecule has 0 aliphatic rings. The topological polar surface area (TPSA) is 47.6 Å². The molecule has 0 aromatic heterocycles. The molecule has 28 heavy (non-hydrogen) atoms. The highest BCUT2D eigenvalue weighted by atomic mass is 16.5. The lowest BCUT2D eigenvalue weighted by Gasteiger charge is -2.15. The summed E-state index contributed by atoms with van der Waals surface area (Å²) >= 11 is 0. The Hall–Kier alpha value is -3.01. The molecule has 146 valence electrons. The summed E-state index contributed by atoms with van der Waals surface area (Å²) in [4.78, 5) is 12.5. The number of nitrogens with one attached hydrogen (secondary N) is 1. The molecule has 1 N–H and O–H groups in total. The number of hydrogen-bond acceptors (Lipinski definition) is 3. The van der Waals surface area contributed by atoms with Crippen LogP contribution in [0.1, 0.15) is 42.6 Å². The molecule has 0 unspecified atom stereocenters. The molecule has 1 amide bonds. The van der Waals surface area contributed by atoms with Gasteiger partial charge >= 0.3 is 0 Å². The van der Waals surface area contributed by atoms with Crippen LogP contribution in [0.25, 0.3) is 10.8 Å². The second-order valence-electron chi connectivity index (χ2n) is 6.96. The first-order valence-corrected chi connectivity index (χ1v) is 9.70. The lowest BCUT2D eigenvalue weighted by Crippen LogP contribution is -2.32. The minimum absolute atomic E-state index is 0.0741. The number of amides is 1. The summed E-state index contributed by atoms with van der Waals surface area (Å²) in [5, 5.41) is 5.23. The van der Waals surface area contributed by atoms with E-state index in [-0.39, 0.29) is 11.9 Å². The smallest absolute Gasteiger partial charge is 0.251 e. The quantitative estimate of drug-likeness (QED) is 0.576. The third kappa shape index (κ3) is 4.63. The Balaban J connectivity index is 1.79. The van der Waals surface area contributed by atoms with Crippen LogP contribution in [0.5, 0.6) is 11.5 Å². The maximum Gasteiger partial charge on any atom is 0.251 e. The predicted molar refractivity (Wildman–Crippen MR) is 113 cm³/mol. The van der Waals surface area contributed by atoms with E-state index in [9.17, 15) is 4.79 Å². The van der Waals surface area contributed by atoms with Crippen molar-refractivity contribution in [1.82, 2.24) is 5.32 Å². The zero-order valence-electron chi connectivity index (χ0n) is 16.7.